The number of carbonyl (C=O) groups excluding carboxylic acids is 1. The van der Waals surface area contributed by atoms with Crippen molar-refractivity contribution in [2.24, 2.45) is 0 Å². The van der Waals surface area contributed by atoms with Crippen molar-refractivity contribution in [2.45, 2.75) is 37.5 Å². The molecule has 3 rings (SSSR count). The van der Waals surface area contributed by atoms with Crippen LogP contribution >= 0.6 is 0 Å². The zero-order chi connectivity index (χ0) is 19.4. The van der Waals surface area contributed by atoms with Gasteiger partial charge in [0.25, 0.3) is 0 Å². The molecule has 1 amide bonds. The number of methoxy groups -OCH3 is 1. The molecule has 6 nitrogen and oxygen atoms in total. The third-order valence-corrected chi connectivity index (χ3v) is 5.42. The fourth-order valence-corrected chi connectivity index (χ4v) is 3.86. The Kier molecular flexibility index (Phi) is 6.62. The van der Waals surface area contributed by atoms with E-state index in [1.807, 2.05) is 4.90 Å². The van der Waals surface area contributed by atoms with Gasteiger partial charge in [-0.15, -0.1) is 0 Å². The maximum Gasteiger partial charge on any atom is 0.248 e. The van der Waals surface area contributed by atoms with Crippen LogP contribution in [0.25, 0.3) is 0 Å². The van der Waals surface area contributed by atoms with Gasteiger partial charge >= 0.3 is 0 Å². The van der Waals surface area contributed by atoms with Gasteiger partial charge < -0.3 is 25.0 Å². The molecule has 0 saturated carbocycles. The van der Waals surface area contributed by atoms with Gasteiger partial charge in [0.15, 0.2) is 11.6 Å². The SMILES string of the molecule is COCC(=O)N1CC[C@@H](NC2CCN(c3ccc(F)c(F)c3)CC2)[C@H](O)C1. The lowest BCUT2D eigenvalue weighted by atomic mass is 9.97. The number of amides is 1. The van der Waals surface area contributed by atoms with Crippen LogP contribution in [0.15, 0.2) is 18.2 Å². The number of nitrogens with one attached hydrogen (secondary N) is 1. The second kappa shape index (κ2) is 8.95. The topological polar surface area (TPSA) is 65.0 Å². The summed E-state index contributed by atoms with van der Waals surface area (Å²) in [7, 11) is 1.48. The number of piperidine rings is 2. The molecule has 2 atom stereocenters. The third kappa shape index (κ3) is 4.94. The van der Waals surface area contributed by atoms with Crippen molar-refractivity contribution >= 4 is 11.6 Å². The van der Waals surface area contributed by atoms with Gasteiger partial charge in [-0.2, -0.15) is 0 Å². The predicted octanol–water partition coefficient (Wildman–Crippen LogP) is 1.13. The first-order valence-corrected chi connectivity index (χ1v) is 9.38. The van der Waals surface area contributed by atoms with Gasteiger partial charge in [-0.1, -0.05) is 0 Å². The predicted molar refractivity (Wildman–Crippen MR) is 97.6 cm³/mol. The zero-order valence-corrected chi connectivity index (χ0v) is 15.5. The summed E-state index contributed by atoms with van der Waals surface area (Å²) < 4.78 is 31.4. The lowest BCUT2D eigenvalue weighted by Gasteiger charge is -2.40. The number of anilines is 1. The minimum atomic E-state index is -0.834. The first-order valence-electron chi connectivity index (χ1n) is 9.38. The Balaban J connectivity index is 1.46. The van der Waals surface area contributed by atoms with E-state index in [1.54, 1.807) is 11.0 Å². The molecule has 0 aromatic heterocycles. The molecule has 0 unspecified atom stereocenters. The van der Waals surface area contributed by atoms with Crippen LogP contribution in [-0.4, -0.2) is 74.0 Å². The lowest BCUT2D eigenvalue weighted by molar-refractivity contribution is -0.138. The molecule has 2 saturated heterocycles. The number of hydrogen-bond acceptors (Lipinski definition) is 5. The number of benzene rings is 1. The number of hydrogen-bond donors (Lipinski definition) is 2. The molecule has 0 radical (unpaired) electrons. The fraction of sp³-hybridized carbons (Fsp3) is 0.632. The molecule has 2 fully saturated rings. The van der Waals surface area contributed by atoms with Crippen molar-refractivity contribution in [1.29, 1.82) is 0 Å². The van der Waals surface area contributed by atoms with E-state index in [9.17, 15) is 18.7 Å². The van der Waals surface area contributed by atoms with Gasteiger partial charge in [-0.05, 0) is 31.4 Å². The summed E-state index contributed by atoms with van der Waals surface area (Å²) in [6.07, 6.45) is 1.80. The first-order chi connectivity index (χ1) is 13.0. The molecule has 2 aliphatic heterocycles. The molecule has 2 N–H and O–H groups in total. The van der Waals surface area contributed by atoms with Crippen LogP contribution in [0, 0.1) is 11.6 Å². The standard InChI is InChI=1S/C19H27F2N3O3/c1-27-12-19(26)24-9-6-17(18(25)11-24)22-13-4-7-23(8-5-13)14-2-3-15(20)16(21)10-14/h2-3,10,13,17-18,22,25H,4-9,11-12H2,1H3/t17-,18-/m1/s1. The largest absolute Gasteiger partial charge is 0.390 e. The van der Waals surface area contributed by atoms with E-state index in [4.69, 9.17) is 4.74 Å². The summed E-state index contributed by atoms with van der Waals surface area (Å²) in [5.74, 6) is -1.76. The summed E-state index contributed by atoms with van der Waals surface area (Å²) in [6, 6.07) is 4.20. The Morgan fingerprint density at radius 1 is 1.22 bits per heavy atom. The van der Waals surface area contributed by atoms with Gasteiger partial charge in [-0.3, -0.25) is 4.79 Å². The van der Waals surface area contributed by atoms with E-state index < -0.39 is 17.7 Å². The van der Waals surface area contributed by atoms with E-state index in [0.29, 0.717) is 25.2 Å². The van der Waals surface area contributed by atoms with E-state index in [0.717, 1.165) is 32.0 Å². The number of nitrogens with zero attached hydrogens (tertiary/aromatic N) is 2. The van der Waals surface area contributed by atoms with Crippen molar-refractivity contribution in [3.05, 3.63) is 29.8 Å². The highest BCUT2D eigenvalue weighted by atomic mass is 19.2. The molecule has 0 spiro atoms. The van der Waals surface area contributed by atoms with Crippen LogP contribution in [0.5, 0.6) is 0 Å². The van der Waals surface area contributed by atoms with Crippen molar-refractivity contribution < 1.29 is 23.4 Å². The third-order valence-electron chi connectivity index (χ3n) is 5.42. The van der Waals surface area contributed by atoms with Crippen LogP contribution in [-0.2, 0) is 9.53 Å². The second-order valence-electron chi connectivity index (χ2n) is 7.26. The summed E-state index contributed by atoms with van der Waals surface area (Å²) in [6.45, 7) is 2.43. The Labute approximate surface area is 158 Å². The highest BCUT2D eigenvalue weighted by Crippen LogP contribution is 2.23. The maximum absolute atomic E-state index is 13.4. The fourth-order valence-electron chi connectivity index (χ4n) is 3.86. The van der Waals surface area contributed by atoms with E-state index >= 15 is 0 Å². The van der Waals surface area contributed by atoms with Crippen molar-refractivity contribution in [3.63, 3.8) is 0 Å². The van der Waals surface area contributed by atoms with Crippen LogP contribution in [0.3, 0.4) is 0 Å². The van der Waals surface area contributed by atoms with Gasteiger partial charge in [0.1, 0.15) is 6.61 Å². The van der Waals surface area contributed by atoms with Crippen LogP contribution in [0.1, 0.15) is 19.3 Å². The zero-order valence-electron chi connectivity index (χ0n) is 15.5. The van der Waals surface area contributed by atoms with E-state index in [2.05, 4.69) is 5.32 Å². The molecular weight excluding hydrogens is 356 g/mol. The van der Waals surface area contributed by atoms with Gasteiger partial charge in [0, 0.05) is 57.1 Å². The van der Waals surface area contributed by atoms with Crippen molar-refractivity contribution in [1.82, 2.24) is 10.2 Å². The number of likely N-dealkylation sites (tertiary alicyclic amines) is 1. The highest BCUT2D eigenvalue weighted by Gasteiger charge is 2.32. The summed E-state index contributed by atoms with van der Waals surface area (Å²) in [5.41, 5.74) is 0.692. The average molecular weight is 383 g/mol. The smallest absolute Gasteiger partial charge is 0.248 e. The Hall–Kier alpha value is -1.77. The number of β-amino-alcohol motifs (C(OH)–C–C–N with tert-alkyl or cyclic N) is 1. The number of rotatable bonds is 5. The van der Waals surface area contributed by atoms with Gasteiger partial charge in [0.05, 0.1) is 6.10 Å². The Morgan fingerprint density at radius 2 is 1.96 bits per heavy atom. The molecule has 8 heteroatoms. The van der Waals surface area contributed by atoms with Gasteiger partial charge in [-0.25, -0.2) is 8.78 Å². The summed E-state index contributed by atoms with van der Waals surface area (Å²) >= 11 is 0. The molecule has 2 aliphatic rings. The van der Waals surface area contributed by atoms with Crippen LogP contribution in [0.4, 0.5) is 14.5 Å². The van der Waals surface area contributed by atoms with E-state index in [1.165, 1.54) is 13.2 Å². The second-order valence-corrected chi connectivity index (χ2v) is 7.26. The monoisotopic (exact) mass is 383 g/mol. The van der Waals surface area contributed by atoms with Crippen molar-refractivity contribution in [2.75, 3.05) is 44.8 Å². The van der Waals surface area contributed by atoms with Crippen molar-refractivity contribution in [3.8, 4) is 0 Å². The van der Waals surface area contributed by atoms with Crippen LogP contribution < -0.4 is 10.2 Å². The van der Waals surface area contributed by atoms with E-state index in [-0.39, 0.29) is 24.6 Å². The number of ether oxygens (including phenoxy) is 1. The molecule has 27 heavy (non-hydrogen) atoms. The number of aliphatic hydroxyl groups is 1. The highest BCUT2D eigenvalue weighted by molar-refractivity contribution is 5.77. The molecule has 1 aromatic rings. The molecule has 150 valence electrons. The summed E-state index contributed by atoms with van der Waals surface area (Å²) in [4.78, 5) is 15.6. The molecule has 2 heterocycles. The maximum atomic E-state index is 13.4. The first kappa shape index (κ1) is 20.0. The molecule has 1 aromatic carbocycles. The minimum Gasteiger partial charge on any atom is -0.390 e. The number of carbonyl (C=O) groups is 1. The number of aliphatic hydroxyl groups excluding tert-OH is 1. The Bertz CT molecular complexity index is 653. The summed E-state index contributed by atoms with van der Waals surface area (Å²) in [5, 5.41) is 13.9. The Morgan fingerprint density at radius 3 is 2.59 bits per heavy atom. The quantitative estimate of drug-likeness (QED) is 0.798. The number of halogens is 2. The van der Waals surface area contributed by atoms with Crippen LogP contribution in [0.2, 0.25) is 0 Å². The minimum absolute atomic E-state index is 0.0350. The normalized spacial score (nSPS) is 24.3. The molecule has 0 aliphatic carbocycles. The van der Waals surface area contributed by atoms with Gasteiger partial charge in [0.2, 0.25) is 5.91 Å². The molecular formula is C19H27F2N3O3. The molecule has 0 bridgehead atoms. The average Bonchev–Trinajstić information content (AvgIpc) is 2.66. The lowest BCUT2D eigenvalue weighted by Crippen LogP contribution is -2.57.